The van der Waals surface area contributed by atoms with E-state index in [9.17, 15) is 15.3 Å². The maximum Gasteiger partial charge on any atom is 0.185 e. The van der Waals surface area contributed by atoms with Gasteiger partial charge in [0.15, 0.2) is 11.2 Å². The molecule has 2 aliphatic rings. The molecule has 166 valence electrons. The van der Waals surface area contributed by atoms with E-state index in [-0.39, 0.29) is 5.78 Å². The lowest BCUT2D eigenvalue weighted by atomic mass is 9.69. The summed E-state index contributed by atoms with van der Waals surface area (Å²) in [5.74, 6) is -0.100. The Morgan fingerprint density at radius 3 is 2.29 bits per heavy atom. The van der Waals surface area contributed by atoms with Crippen molar-refractivity contribution in [3.05, 3.63) is 101 Å². The van der Waals surface area contributed by atoms with Crippen LogP contribution >= 0.6 is 0 Å². The van der Waals surface area contributed by atoms with E-state index < -0.39 is 23.4 Å². The molecule has 0 saturated carbocycles. The van der Waals surface area contributed by atoms with E-state index in [1.165, 1.54) is 0 Å². The normalized spacial score (nSPS) is 21.6. The summed E-state index contributed by atoms with van der Waals surface area (Å²) < 4.78 is 5.31. The van der Waals surface area contributed by atoms with Crippen LogP contribution in [-0.4, -0.2) is 25.0 Å². The number of aryl methyl sites for hydroxylation is 1. The first-order chi connectivity index (χ1) is 16.5. The minimum absolute atomic E-state index is 0.108. The minimum Gasteiger partial charge on any atom is -0.497 e. The highest BCUT2D eigenvalue weighted by Gasteiger charge is 2.63. The van der Waals surface area contributed by atoms with Crippen molar-refractivity contribution in [2.75, 3.05) is 12.0 Å². The van der Waals surface area contributed by atoms with Crippen molar-refractivity contribution in [3.63, 3.8) is 0 Å². The third kappa shape index (κ3) is 3.10. The number of hydrogen-bond donors (Lipinski definition) is 0. The highest BCUT2D eigenvalue weighted by molar-refractivity contribution is 6.04. The summed E-state index contributed by atoms with van der Waals surface area (Å²) in [5.41, 5.74) is 2.74. The third-order valence-electron chi connectivity index (χ3n) is 6.99. The first-order valence-corrected chi connectivity index (χ1v) is 11.2. The van der Waals surface area contributed by atoms with E-state index in [2.05, 4.69) is 12.1 Å². The Balaban J connectivity index is 1.76. The standard InChI is InChI=1S/C29H23N3O2/c1-19-7-9-22(10-8-19)28(33)27-26(21-11-14-23(34-2)15-12-21)29(17-30,18-31)25-16-13-20-5-3-4-6-24(20)32(25)27/h3-16,25-27H,1-2H3/t25-,26-,27+/m1/s1. The second kappa shape index (κ2) is 8.21. The maximum absolute atomic E-state index is 14.1. The molecule has 5 nitrogen and oxygen atoms in total. The van der Waals surface area contributed by atoms with Crippen LogP contribution in [-0.2, 0) is 0 Å². The van der Waals surface area contributed by atoms with Crippen LogP contribution < -0.4 is 9.64 Å². The Morgan fingerprint density at radius 2 is 1.65 bits per heavy atom. The van der Waals surface area contributed by atoms with Gasteiger partial charge in [0.25, 0.3) is 0 Å². The largest absolute Gasteiger partial charge is 0.497 e. The Morgan fingerprint density at radius 1 is 0.971 bits per heavy atom. The Hall–Kier alpha value is -4.35. The van der Waals surface area contributed by atoms with Gasteiger partial charge in [-0.15, -0.1) is 0 Å². The number of methoxy groups -OCH3 is 1. The van der Waals surface area contributed by atoms with Crippen LogP contribution in [0.2, 0.25) is 0 Å². The molecule has 34 heavy (non-hydrogen) atoms. The number of ether oxygens (including phenoxy) is 1. The number of carbonyl (C=O) groups excluding carboxylic acids is 1. The second-order valence-corrected chi connectivity index (χ2v) is 8.79. The Bertz CT molecular complexity index is 1350. The Kier molecular flexibility index (Phi) is 5.19. The van der Waals surface area contributed by atoms with Crippen molar-refractivity contribution in [1.82, 2.24) is 0 Å². The van der Waals surface area contributed by atoms with Crippen molar-refractivity contribution in [3.8, 4) is 17.9 Å². The summed E-state index contributed by atoms with van der Waals surface area (Å²) in [6, 6.07) is 26.0. The second-order valence-electron chi connectivity index (χ2n) is 8.79. The molecule has 0 unspecified atom stereocenters. The molecule has 2 aliphatic heterocycles. The fourth-order valence-electron chi connectivity index (χ4n) is 5.31. The predicted molar refractivity (Wildman–Crippen MR) is 130 cm³/mol. The molecular formula is C29H23N3O2. The number of Topliss-reactive ketones (excluding diaryl/α,β-unsaturated/α-hetero) is 1. The number of fused-ring (bicyclic) bond motifs is 3. The number of para-hydroxylation sites is 1. The van der Waals surface area contributed by atoms with Gasteiger partial charge in [-0.25, -0.2) is 0 Å². The number of nitrogens with zero attached hydrogens (tertiary/aromatic N) is 3. The number of nitriles is 2. The average molecular weight is 446 g/mol. The van der Waals surface area contributed by atoms with Crippen LogP contribution in [0.3, 0.4) is 0 Å². The van der Waals surface area contributed by atoms with Gasteiger partial charge in [0.2, 0.25) is 0 Å². The number of ketones is 1. The molecule has 0 radical (unpaired) electrons. The van der Waals surface area contributed by atoms with E-state index in [1.54, 1.807) is 7.11 Å². The van der Waals surface area contributed by atoms with Gasteiger partial charge in [-0.2, -0.15) is 10.5 Å². The van der Waals surface area contributed by atoms with Crippen LogP contribution in [0.4, 0.5) is 5.69 Å². The smallest absolute Gasteiger partial charge is 0.185 e. The van der Waals surface area contributed by atoms with Gasteiger partial charge in [-0.3, -0.25) is 4.79 Å². The molecule has 5 heteroatoms. The third-order valence-corrected chi connectivity index (χ3v) is 6.99. The number of anilines is 1. The average Bonchev–Trinajstić information content (AvgIpc) is 3.19. The van der Waals surface area contributed by atoms with Gasteiger partial charge in [-0.05, 0) is 36.2 Å². The molecule has 3 aromatic rings. The van der Waals surface area contributed by atoms with Gasteiger partial charge in [0, 0.05) is 17.2 Å². The monoisotopic (exact) mass is 445 g/mol. The molecule has 0 aromatic heterocycles. The topological polar surface area (TPSA) is 77.1 Å². The zero-order chi connectivity index (χ0) is 23.9. The van der Waals surface area contributed by atoms with Crippen LogP contribution in [0.1, 0.15) is 33.0 Å². The highest BCUT2D eigenvalue weighted by atomic mass is 16.5. The van der Waals surface area contributed by atoms with Crippen molar-refractivity contribution in [2.45, 2.75) is 24.9 Å². The summed E-state index contributed by atoms with van der Waals surface area (Å²) in [5, 5.41) is 20.9. The summed E-state index contributed by atoms with van der Waals surface area (Å²) in [6.07, 6.45) is 3.84. The lowest BCUT2D eigenvalue weighted by Crippen LogP contribution is -2.44. The molecular weight excluding hydrogens is 422 g/mol. The summed E-state index contributed by atoms with van der Waals surface area (Å²) in [7, 11) is 1.59. The van der Waals surface area contributed by atoms with E-state index in [0.717, 1.165) is 22.4 Å². The first kappa shape index (κ1) is 21.5. The molecule has 2 heterocycles. The van der Waals surface area contributed by atoms with Crippen LogP contribution in [0, 0.1) is 35.0 Å². The van der Waals surface area contributed by atoms with Crippen LogP contribution in [0.15, 0.2) is 78.9 Å². The number of benzene rings is 3. The summed E-state index contributed by atoms with van der Waals surface area (Å²) in [4.78, 5) is 16.1. The fraction of sp³-hybridized carbons (Fsp3) is 0.207. The lowest BCUT2D eigenvalue weighted by Gasteiger charge is -2.35. The molecule has 0 bridgehead atoms. The van der Waals surface area contributed by atoms with Crippen molar-refractivity contribution >= 4 is 17.5 Å². The van der Waals surface area contributed by atoms with Gasteiger partial charge < -0.3 is 9.64 Å². The molecule has 3 aromatic carbocycles. The van der Waals surface area contributed by atoms with Gasteiger partial charge in [0.1, 0.15) is 11.8 Å². The van der Waals surface area contributed by atoms with Gasteiger partial charge >= 0.3 is 0 Å². The maximum atomic E-state index is 14.1. The van der Waals surface area contributed by atoms with Crippen molar-refractivity contribution in [2.24, 2.45) is 5.41 Å². The molecule has 0 amide bonds. The van der Waals surface area contributed by atoms with Crippen LogP contribution in [0.5, 0.6) is 5.75 Å². The van der Waals surface area contributed by atoms with E-state index >= 15 is 0 Å². The molecule has 5 rings (SSSR count). The molecule has 0 aliphatic carbocycles. The zero-order valence-electron chi connectivity index (χ0n) is 19.0. The summed E-state index contributed by atoms with van der Waals surface area (Å²) >= 11 is 0. The van der Waals surface area contributed by atoms with Gasteiger partial charge in [0.05, 0.1) is 25.3 Å². The van der Waals surface area contributed by atoms with Crippen LogP contribution in [0.25, 0.3) is 6.08 Å². The van der Waals surface area contributed by atoms with E-state index in [4.69, 9.17) is 4.74 Å². The first-order valence-electron chi connectivity index (χ1n) is 11.2. The van der Waals surface area contributed by atoms with Crippen molar-refractivity contribution < 1.29 is 9.53 Å². The zero-order valence-corrected chi connectivity index (χ0v) is 19.0. The quantitative estimate of drug-likeness (QED) is 0.510. The van der Waals surface area contributed by atoms with Crippen molar-refractivity contribution in [1.29, 1.82) is 10.5 Å². The number of carbonyl (C=O) groups is 1. The SMILES string of the molecule is COc1ccc([C@@H]2[C@@H](C(=O)c3ccc(C)cc3)N3c4ccccc4C=C[C@@H]3C2(C#N)C#N)cc1. The van der Waals surface area contributed by atoms with Gasteiger partial charge in [-0.1, -0.05) is 72.3 Å². The molecule has 0 spiro atoms. The molecule has 3 atom stereocenters. The fourth-order valence-corrected chi connectivity index (χ4v) is 5.31. The molecule has 0 N–H and O–H groups in total. The summed E-state index contributed by atoms with van der Waals surface area (Å²) in [6.45, 7) is 1.97. The number of hydrogen-bond acceptors (Lipinski definition) is 5. The number of rotatable bonds is 4. The molecule has 1 saturated heterocycles. The van der Waals surface area contributed by atoms with E-state index in [1.807, 2.05) is 96.8 Å². The highest BCUT2D eigenvalue weighted by Crippen LogP contribution is 2.55. The lowest BCUT2D eigenvalue weighted by molar-refractivity contribution is 0.0951. The minimum atomic E-state index is -1.45. The Labute approximate surface area is 199 Å². The predicted octanol–water partition coefficient (Wildman–Crippen LogP) is 5.29. The molecule has 1 fully saturated rings. The van der Waals surface area contributed by atoms with E-state index in [0.29, 0.717) is 11.3 Å².